The number of carbonyl (C=O) groups excluding carboxylic acids is 3. The number of nitrogens with zero attached hydrogens (tertiary/aromatic N) is 1. The number of piperidine rings is 1. The third kappa shape index (κ3) is 4.95. The maximum atomic E-state index is 12.5. The molecule has 29 heavy (non-hydrogen) atoms. The molecule has 0 aromatic carbocycles. The van der Waals surface area contributed by atoms with Crippen LogP contribution in [0.4, 0.5) is 0 Å². The maximum absolute atomic E-state index is 12.5. The van der Waals surface area contributed by atoms with Gasteiger partial charge in [-0.3, -0.25) is 14.4 Å². The second kappa shape index (κ2) is 8.27. The van der Waals surface area contributed by atoms with Gasteiger partial charge < -0.3 is 15.0 Å². The third-order valence-electron chi connectivity index (χ3n) is 7.71. The van der Waals surface area contributed by atoms with Gasteiger partial charge in [0.1, 0.15) is 6.54 Å². The minimum Gasteiger partial charge on any atom is -0.454 e. The van der Waals surface area contributed by atoms with Gasteiger partial charge in [-0.1, -0.05) is 13.8 Å². The van der Waals surface area contributed by atoms with Crippen molar-refractivity contribution in [1.29, 1.82) is 0 Å². The van der Waals surface area contributed by atoms with Crippen LogP contribution >= 0.6 is 0 Å². The van der Waals surface area contributed by atoms with E-state index in [1.165, 1.54) is 38.5 Å². The second-order valence-corrected chi connectivity index (χ2v) is 10.8. The van der Waals surface area contributed by atoms with E-state index in [0.717, 1.165) is 37.3 Å². The highest BCUT2D eigenvalue weighted by atomic mass is 16.5. The van der Waals surface area contributed by atoms with Gasteiger partial charge >= 0.3 is 5.97 Å². The number of carbonyl (C=O) groups is 3. The van der Waals surface area contributed by atoms with Crippen molar-refractivity contribution in [2.45, 2.75) is 65.2 Å². The molecular weight excluding hydrogens is 368 g/mol. The van der Waals surface area contributed by atoms with E-state index in [4.69, 9.17) is 4.74 Å². The van der Waals surface area contributed by atoms with Gasteiger partial charge in [-0.25, -0.2) is 0 Å². The zero-order valence-corrected chi connectivity index (χ0v) is 18.0. The minimum absolute atomic E-state index is 0.0473. The van der Waals surface area contributed by atoms with Gasteiger partial charge in [0.05, 0.1) is 0 Å². The largest absolute Gasteiger partial charge is 0.454 e. The van der Waals surface area contributed by atoms with Crippen molar-refractivity contribution in [2.24, 2.45) is 35.0 Å². The molecule has 0 spiro atoms. The van der Waals surface area contributed by atoms with E-state index < -0.39 is 5.97 Å². The molecule has 1 aliphatic heterocycles. The van der Waals surface area contributed by atoms with Gasteiger partial charge in [-0.15, -0.1) is 0 Å². The van der Waals surface area contributed by atoms with Crippen LogP contribution in [0.5, 0.6) is 0 Å². The summed E-state index contributed by atoms with van der Waals surface area (Å²) < 4.78 is 5.13. The number of nitrogens with one attached hydrogen (secondary N) is 1. The first kappa shape index (κ1) is 20.7. The molecule has 0 aromatic rings. The Hall–Kier alpha value is -1.59. The third-order valence-corrected chi connectivity index (χ3v) is 7.71. The first-order valence-corrected chi connectivity index (χ1v) is 11.5. The summed E-state index contributed by atoms with van der Waals surface area (Å²) >= 11 is 0. The van der Waals surface area contributed by atoms with Crippen molar-refractivity contribution >= 4 is 17.8 Å². The average Bonchev–Trinajstić information content (AvgIpc) is 2.62. The van der Waals surface area contributed by atoms with Crippen LogP contribution in [0.15, 0.2) is 0 Å². The molecule has 1 N–H and O–H groups in total. The highest BCUT2D eigenvalue weighted by Crippen LogP contribution is 2.61. The molecule has 6 nitrogen and oxygen atoms in total. The van der Waals surface area contributed by atoms with Crippen LogP contribution in [0.25, 0.3) is 0 Å². The van der Waals surface area contributed by atoms with E-state index >= 15 is 0 Å². The van der Waals surface area contributed by atoms with E-state index in [1.807, 2.05) is 0 Å². The SMILES string of the molecule is C[C@H]1C[C@H](C)CN(C(=O)COC(=O)CNC(=O)CC23CC4CC(CC(C4)C2)C3)C1. The molecule has 1 saturated heterocycles. The van der Waals surface area contributed by atoms with Crippen molar-refractivity contribution < 1.29 is 19.1 Å². The predicted molar refractivity (Wildman–Crippen MR) is 109 cm³/mol. The Kier molecular flexibility index (Phi) is 5.90. The fourth-order valence-corrected chi connectivity index (χ4v) is 7.23. The zero-order valence-electron chi connectivity index (χ0n) is 18.0. The number of esters is 1. The summed E-state index contributed by atoms with van der Waals surface area (Å²) in [5.74, 6) is 2.66. The smallest absolute Gasteiger partial charge is 0.325 e. The Labute approximate surface area is 174 Å². The molecule has 4 bridgehead atoms. The van der Waals surface area contributed by atoms with Gasteiger partial charge in [-0.05, 0) is 80.0 Å². The molecular formula is C23H36N2O4. The number of amides is 2. The highest BCUT2D eigenvalue weighted by Gasteiger charge is 2.51. The lowest BCUT2D eigenvalue weighted by molar-refractivity contribution is -0.153. The van der Waals surface area contributed by atoms with Crippen molar-refractivity contribution in [3.63, 3.8) is 0 Å². The predicted octanol–water partition coefficient (Wildman–Crippen LogP) is 2.76. The molecule has 1 heterocycles. The van der Waals surface area contributed by atoms with Crippen LogP contribution in [-0.4, -0.2) is 48.9 Å². The van der Waals surface area contributed by atoms with Gasteiger partial charge in [0.15, 0.2) is 6.61 Å². The summed E-state index contributed by atoms with van der Waals surface area (Å²) in [6.45, 7) is 5.35. The molecule has 6 heteroatoms. The molecule has 162 valence electrons. The molecule has 4 saturated carbocycles. The summed E-state index contributed by atoms with van der Waals surface area (Å²) in [4.78, 5) is 38.6. The van der Waals surface area contributed by atoms with Crippen LogP contribution < -0.4 is 5.32 Å². The Balaban J connectivity index is 1.17. The van der Waals surface area contributed by atoms with E-state index in [2.05, 4.69) is 19.2 Å². The van der Waals surface area contributed by atoms with Crippen LogP contribution in [0.3, 0.4) is 0 Å². The minimum atomic E-state index is -0.532. The Morgan fingerprint density at radius 2 is 1.48 bits per heavy atom. The van der Waals surface area contributed by atoms with Gasteiger partial charge in [0.25, 0.3) is 5.91 Å². The van der Waals surface area contributed by atoms with Crippen molar-refractivity contribution in [1.82, 2.24) is 10.2 Å². The molecule has 0 radical (unpaired) electrons. The number of hydrogen-bond acceptors (Lipinski definition) is 4. The van der Waals surface area contributed by atoms with Crippen LogP contribution in [-0.2, 0) is 19.1 Å². The fourth-order valence-electron chi connectivity index (χ4n) is 7.23. The number of likely N-dealkylation sites (tertiary alicyclic amines) is 1. The Bertz CT molecular complexity index is 616. The molecule has 4 aliphatic carbocycles. The molecule has 5 fully saturated rings. The van der Waals surface area contributed by atoms with Crippen molar-refractivity contribution in [3.8, 4) is 0 Å². The van der Waals surface area contributed by atoms with Crippen LogP contribution in [0, 0.1) is 35.0 Å². The molecule has 5 rings (SSSR count). The lowest BCUT2D eigenvalue weighted by Gasteiger charge is -2.56. The normalized spacial score (nSPS) is 38.0. The van der Waals surface area contributed by atoms with Gasteiger partial charge in [-0.2, -0.15) is 0 Å². The second-order valence-electron chi connectivity index (χ2n) is 10.8. The number of rotatable bonds is 6. The summed E-state index contributed by atoms with van der Waals surface area (Å²) in [6.07, 6.45) is 9.27. The zero-order chi connectivity index (χ0) is 20.6. The van der Waals surface area contributed by atoms with Gasteiger partial charge in [0, 0.05) is 19.5 Å². The van der Waals surface area contributed by atoms with Crippen LogP contribution in [0.2, 0.25) is 0 Å². The van der Waals surface area contributed by atoms with Crippen molar-refractivity contribution in [2.75, 3.05) is 26.2 Å². The van der Waals surface area contributed by atoms with Crippen molar-refractivity contribution in [3.05, 3.63) is 0 Å². The van der Waals surface area contributed by atoms with E-state index in [0.29, 0.717) is 18.3 Å². The summed E-state index contributed by atoms with van der Waals surface area (Å²) in [5.41, 5.74) is 0.167. The Morgan fingerprint density at radius 1 is 0.931 bits per heavy atom. The molecule has 0 unspecified atom stereocenters. The standard InChI is InChI=1S/C23H36N2O4/c1-15-3-16(2)13-25(12-15)21(27)14-29-22(28)11-24-20(26)10-23-7-17-4-18(8-23)6-19(5-17)9-23/h15-19H,3-14H2,1-2H3,(H,24,26)/t15-,16-,17?,18?,19?,23?/m0/s1. The average molecular weight is 405 g/mol. The molecule has 2 atom stereocenters. The summed E-state index contributed by atoms with van der Waals surface area (Å²) in [6, 6.07) is 0. The van der Waals surface area contributed by atoms with Gasteiger partial charge in [0.2, 0.25) is 5.91 Å². The number of ether oxygens (including phenoxy) is 1. The van der Waals surface area contributed by atoms with E-state index in [9.17, 15) is 14.4 Å². The Morgan fingerprint density at radius 3 is 2.03 bits per heavy atom. The lowest BCUT2D eigenvalue weighted by atomic mass is 9.49. The van der Waals surface area contributed by atoms with E-state index in [1.54, 1.807) is 4.90 Å². The van der Waals surface area contributed by atoms with E-state index in [-0.39, 0.29) is 30.4 Å². The quantitative estimate of drug-likeness (QED) is 0.691. The molecule has 0 aromatic heterocycles. The van der Waals surface area contributed by atoms with Crippen LogP contribution in [0.1, 0.15) is 65.2 Å². The number of hydrogen-bond donors (Lipinski definition) is 1. The summed E-state index contributed by atoms with van der Waals surface area (Å²) in [5, 5.41) is 2.74. The molecule has 5 aliphatic rings. The topological polar surface area (TPSA) is 75.7 Å². The first-order chi connectivity index (χ1) is 13.8. The first-order valence-electron chi connectivity index (χ1n) is 11.5. The maximum Gasteiger partial charge on any atom is 0.325 e. The molecule has 2 amide bonds. The highest BCUT2D eigenvalue weighted by molar-refractivity contribution is 5.84. The monoisotopic (exact) mass is 404 g/mol. The fraction of sp³-hybridized carbons (Fsp3) is 0.870. The summed E-state index contributed by atoms with van der Waals surface area (Å²) in [7, 11) is 0. The lowest BCUT2D eigenvalue weighted by Crippen LogP contribution is -2.48.